The number of carboxylic acids is 1. The number of sulfone groups is 1. The highest BCUT2D eigenvalue weighted by Crippen LogP contribution is 2.04. The zero-order valence-corrected chi connectivity index (χ0v) is 11.0. The molecule has 0 aromatic carbocycles. The van der Waals surface area contributed by atoms with E-state index in [1.807, 2.05) is 0 Å². The van der Waals surface area contributed by atoms with Crippen molar-refractivity contribution in [1.29, 1.82) is 0 Å². The highest BCUT2D eigenvalue weighted by molar-refractivity contribution is 7.91. The molecule has 96 valence electrons. The van der Waals surface area contributed by atoms with Crippen molar-refractivity contribution in [3.05, 3.63) is 0 Å². The normalized spacial score (nSPS) is 16.1. The molecule has 0 fully saturated rings. The molecule has 2 unspecified atom stereocenters. The Morgan fingerprint density at radius 2 is 1.81 bits per heavy atom. The minimum Gasteiger partial charge on any atom is -0.480 e. The first-order valence-corrected chi connectivity index (χ1v) is 7.21. The monoisotopic (exact) mass is 251 g/mol. The van der Waals surface area contributed by atoms with Crippen LogP contribution in [0.2, 0.25) is 0 Å². The molecule has 16 heavy (non-hydrogen) atoms. The van der Waals surface area contributed by atoms with E-state index in [2.05, 4.69) is 5.32 Å². The van der Waals surface area contributed by atoms with Crippen LogP contribution in [0.3, 0.4) is 0 Å². The third kappa shape index (κ3) is 5.46. The van der Waals surface area contributed by atoms with Crippen LogP contribution < -0.4 is 5.32 Å². The highest BCUT2D eigenvalue weighted by atomic mass is 32.2. The van der Waals surface area contributed by atoms with Crippen molar-refractivity contribution in [2.24, 2.45) is 5.92 Å². The Balaban J connectivity index is 4.43. The SMILES string of the molecule is CCS(=O)(=O)CC(C)NC(C(=O)O)C(C)C. The molecule has 5 nitrogen and oxygen atoms in total. The summed E-state index contributed by atoms with van der Waals surface area (Å²) in [6.45, 7) is 6.84. The summed E-state index contributed by atoms with van der Waals surface area (Å²) in [5.74, 6) is -0.974. The van der Waals surface area contributed by atoms with Gasteiger partial charge >= 0.3 is 5.97 Å². The van der Waals surface area contributed by atoms with Gasteiger partial charge in [-0.25, -0.2) is 8.42 Å². The van der Waals surface area contributed by atoms with Gasteiger partial charge in [0.05, 0.1) is 5.75 Å². The van der Waals surface area contributed by atoms with E-state index in [9.17, 15) is 13.2 Å². The first kappa shape index (κ1) is 15.4. The molecule has 0 aliphatic carbocycles. The lowest BCUT2D eigenvalue weighted by molar-refractivity contribution is -0.140. The van der Waals surface area contributed by atoms with Crippen molar-refractivity contribution < 1.29 is 18.3 Å². The lowest BCUT2D eigenvalue weighted by Crippen LogP contribution is -2.47. The summed E-state index contributed by atoms with van der Waals surface area (Å²) in [7, 11) is -3.07. The van der Waals surface area contributed by atoms with Crippen LogP contribution in [0.15, 0.2) is 0 Å². The van der Waals surface area contributed by atoms with E-state index < -0.39 is 21.8 Å². The quantitative estimate of drug-likeness (QED) is 0.688. The maximum absolute atomic E-state index is 11.3. The van der Waals surface area contributed by atoms with Crippen LogP contribution >= 0.6 is 0 Å². The standard InChI is InChI=1S/C10H21NO4S/c1-5-16(14,15)6-8(4)11-9(7(2)3)10(12)13/h7-9,11H,5-6H2,1-4H3,(H,12,13). The number of aliphatic carboxylic acids is 1. The number of carboxylic acid groups (broad SMARTS) is 1. The van der Waals surface area contributed by atoms with E-state index >= 15 is 0 Å². The zero-order chi connectivity index (χ0) is 12.9. The van der Waals surface area contributed by atoms with Gasteiger partial charge in [-0.1, -0.05) is 20.8 Å². The molecule has 0 aromatic heterocycles. The average Bonchev–Trinajstić information content (AvgIpc) is 2.12. The van der Waals surface area contributed by atoms with Gasteiger partial charge in [0.1, 0.15) is 6.04 Å². The third-order valence-electron chi connectivity index (χ3n) is 2.34. The van der Waals surface area contributed by atoms with Crippen molar-refractivity contribution in [3.63, 3.8) is 0 Å². The molecule has 6 heteroatoms. The van der Waals surface area contributed by atoms with Crippen LogP contribution in [-0.2, 0) is 14.6 Å². The number of hydrogen-bond acceptors (Lipinski definition) is 4. The molecule has 0 aliphatic heterocycles. The minimum atomic E-state index is -3.07. The van der Waals surface area contributed by atoms with Gasteiger partial charge < -0.3 is 10.4 Å². The van der Waals surface area contributed by atoms with Crippen molar-refractivity contribution in [2.45, 2.75) is 39.8 Å². The van der Waals surface area contributed by atoms with Gasteiger partial charge in [-0.3, -0.25) is 4.79 Å². The van der Waals surface area contributed by atoms with E-state index in [4.69, 9.17) is 5.11 Å². The fraction of sp³-hybridized carbons (Fsp3) is 0.900. The van der Waals surface area contributed by atoms with Crippen LogP contribution in [0.1, 0.15) is 27.7 Å². The number of rotatable bonds is 7. The van der Waals surface area contributed by atoms with E-state index in [0.29, 0.717) is 0 Å². The van der Waals surface area contributed by atoms with Crippen LogP contribution in [-0.4, -0.2) is 43.1 Å². The van der Waals surface area contributed by atoms with Crippen molar-refractivity contribution in [2.75, 3.05) is 11.5 Å². The Morgan fingerprint density at radius 3 is 2.12 bits per heavy atom. The Bertz CT molecular complexity index is 324. The fourth-order valence-electron chi connectivity index (χ4n) is 1.40. The Kier molecular flexibility index (Phi) is 5.96. The lowest BCUT2D eigenvalue weighted by Gasteiger charge is -2.22. The molecule has 2 N–H and O–H groups in total. The molecule has 0 saturated heterocycles. The number of carbonyl (C=O) groups is 1. The fourth-order valence-corrected chi connectivity index (χ4v) is 2.50. The Hall–Kier alpha value is -0.620. The predicted molar refractivity (Wildman–Crippen MR) is 63.2 cm³/mol. The largest absolute Gasteiger partial charge is 0.480 e. The summed E-state index contributed by atoms with van der Waals surface area (Å²) in [5.41, 5.74) is 0. The Morgan fingerprint density at radius 1 is 1.31 bits per heavy atom. The summed E-state index contributed by atoms with van der Waals surface area (Å²) >= 11 is 0. The first-order valence-electron chi connectivity index (χ1n) is 5.39. The van der Waals surface area contributed by atoms with Gasteiger partial charge in [0.25, 0.3) is 0 Å². The van der Waals surface area contributed by atoms with Gasteiger partial charge in [-0.15, -0.1) is 0 Å². The van der Waals surface area contributed by atoms with E-state index in [1.54, 1.807) is 27.7 Å². The molecule has 0 rings (SSSR count). The van der Waals surface area contributed by atoms with Crippen molar-refractivity contribution in [1.82, 2.24) is 5.32 Å². The molecule has 0 radical (unpaired) electrons. The second kappa shape index (κ2) is 6.20. The van der Waals surface area contributed by atoms with Crippen molar-refractivity contribution in [3.8, 4) is 0 Å². The van der Waals surface area contributed by atoms with Crippen molar-refractivity contribution >= 4 is 15.8 Å². The smallest absolute Gasteiger partial charge is 0.320 e. The molecule has 0 heterocycles. The second-order valence-corrected chi connectivity index (χ2v) is 6.72. The number of hydrogen-bond donors (Lipinski definition) is 2. The molecule has 2 atom stereocenters. The molecule has 0 bridgehead atoms. The highest BCUT2D eigenvalue weighted by Gasteiger charge is 2.24. The minimum absolute atomic E-state index is 0.0278. The summed E-state index contributed by atoms with van der Waals surface area (Å²) < 4.78 is 22.7. The van der Waals surface area contributed by atoms with Gasteiger partial charge in [-0.05, 0) is 12.8 Å². The van der Waals surface area contributed by atoms with Crippen LogP contribution in [0.5, 0.6) is 0 Å². The van der Waals surface area contributed by atoms with Gasteiger partial charge in [0.15, 0.2) is 9.84 Å². The number of nitrogens with one attached hydrogen (secondary N) is 1. The zero-order valence-electron chi connectivity index (χ0n) is 10.2. The predicted octanol–water partition coefficient (Wildman–Crippen LogP) is 0.508. The molecule has 0 spiro atoms. The molecule has 0 aliphatic rings. The van der Waals surface area contributed by atoms with Crippen LogP contribution in [0, 0.1) is 5.92 Å². The third-order valence-corrected chi connectivity index (χ3v) is 4.23. The van der Waals surface area contributed by atoms with Crippen LogP contribution in [0.25, 0.3) is 0 Å². The topological polar surface area (TPSA) is 83.5 Å². The summed E-state index contributed by atoms with van der Waals surface area (Å²) in [6.07, 6.45) is 0. The average molecular weight is 251 g/mol. The van der Waals surface area contributed by atoms with E-state index in [0.717, 1.165) is 0 Å². The second-order valence-electron chi connectivity index (χ2n) is 4.33. The van der Waals surface area contributed by atoms with Crippen LogP contribution in [0.4, 0.5) is 0 Å². The molecule has 0 amide bonds. The van der Waals surface area contributed by atoms with E-state index in [-0.39, 0.29) is 23.5 Å². The van der Waals surface area contributed by atoms with E-state index in [1.165, 1.54) is 0 Å². The lowest BCUT2D eigenvalue weighted by atomic mass is 10.0. The van der Waals surface area contributed by atoms with Gasteiger partial charge in [-0.2, -0.15) is 0 Å². The maximum Gasteiger partial charge on any atom is 0.320 e. The molecule has 0 aromatic rings. The molecular formula is C10H21NO4S. The summed E-state index contributed by atoms with van der Waals surface area (Å²) in [4.78, 5) is 10.9. The molecular weight excluding hydrogens is 230 g/mol. The summed E-state index contributed by atoms with van der Waals surface area (Å²) in [6, 6.07) is -1.06. The Labute approximate surface area is 97.2 Å². The summed E-state index contributed by atoms with van der Waals surface area (Å²) in [5, 5.41) is 11.8. The maximum atomic E-state index is 11.3. The van der Waals surface area contributed by atoms with Gasteiger partial charge in [0, 0.05) is 11.8 Å². The van der Waals surface area contributed by atoms with Gasteiger partial charge in [0.2, 0.25) is 0 Å². The first-order chi connectivity index (χ1) is 7.19. The molecule has 0 saturated carbocycles.